The van der Waals surface area contributed by atoms with E-state index in [2.05, 4.69) is 0 Å². The summed E-state index contributed by atoms with van der Waals surface area (Å²) in [5.74, 6) is -1.03. The number of hydrogen-bond donors (Lipinski definition) is 1. The van der Waals surface area contributed by atoms with Gasteiger partial charge in [0.25, 0.3) is 0 Å². The molecule has 2 atom stereocenters. The maximum atomic E-state index is 12.8. The fourth-order valence-corrected chi connectivity index (χ4v) is 4.74. The number of methoxy groups -OCH3 is 2. The summed E-state index contributed by atoms with van der Waals surface area (Å²) in [6, 6.07) is 19.6. The SMILES string of the molecule is COc1ccc([C@H]2c3c(oc(=O)c4ccccc34)-c3ccccc3[C@@H]2C(=O)O)c(OC)c1. The van der Waals surface area contributed by atoms with Gasteiger partial charge >= 0.3 is 11.6 Å². The highest BCUT2D eigenvalue weighted by atomic mass is 16.5. The van der Waals surface area contributed by atoms with Crippen molar-refractivity contribution in [2.75, 3.05) is 14.2 Å². The second-order valence-corrected chi connectivity index (χ2v) is 7.67. The number of aliphatic carboxylic acids is 1. The molecule has 0 unspecified atom stereocenters. The number of carboxylic acids is 1. The van der Waals surface area contributed by atoms with Crippen molar-refractivity contribution >= 4 is 16.7 Å². The van der Waals surface area contributed by atoms with Crippen LogP contribution in [0.5, 0.6) is 11.5 Å². The first-order chi connectivity index (χ1) is 15.5. The highest BCUT2D eigenvalue weighted by molar-refractivity contribution is 5.95. The molecule has 160 valence electrons. The smallest absolute Gasteiger partial charge is 0.344 e. The fourth-order valence-electron chi connectivity index (χ4n) is 4.74. The van der Waals surface area contributed by atoms with Crippen molar-refractivity contribution < 1.29 is 23.8 Å². The van der Waals surface area contributed by atoms with Gasteiger partial charge in [0, 0.05) is 28.7 Å². The molecule has 0 aliphatic heterocycles. The molecule has 0 fully saturated rings. The van der Waals surface area contributed by atoms with E-state index in [0.29, 0.717) is 50.3 Å². The fraction of sp³-hybridized carbons (Fsp3) is 0.154. The minimum atomic E-state index is -0.971. The Morgan fingerprint density at radius 1 is 0.906 bits per heavy atom. The molecule has 6 nitrogen and oxygen atoms in total. The first-order valence-electron chi connectivity index (χ1n) is 10.1. The molecule has 0 bridgehead atoms. The normalized spacial score (nSPS) is 16.8. The van der Waals surface area contributed by atoms with Crippen molar-refractivity contribution in [3.63, 3.8) is 0 Å². The Bertz CT molecular complexity index is 1420. The van der Waals surface area contributed by atoms with E-state index in [1.165, 1.54) is 7.11 Å². The van der Waals surface area contributed by atoms with Crippen LogP contribution < -0.4 is 15.1 Å². The summed E-state index contributed by atoms with van der Waals surface area (Å²) in [6.07, 6.45) is 0. The first-order valence-corrected chi connectivity index (χ1v) is 10.1. The molecule has 1 aromatic heterocycles. The summed E-state index contributed by atoms with van der Waals surface area (Å²) in [4.78, 5) is 25.5. The van der Waals surface area contributed by atoms with Crippen molar-refractivity contribution in [1.82, 2.24) is 0 Å². The summed E-state index contributed by atoms with van der Waals surface area (Å²) in [7, 11) is 3.10. The molecule has 0 amide bonds. The molecular formula is C26H20O6. The van der Waals surface area contributed by atoms with E-state index >= 15 is 0 Å². The Morgan fingerprint density at radius 2 is 1.62 bits per heavy atom. The van der Waals surface area contributed by atoms with Crippen molar-refractivity contribution in [3.8, 4) is 22.8 Å². The summed E-state index contributed by atoms with van der Waals surface area (Å²) >= 11 is 0. The van der Waals surface area contributed by atoms with Crippen molar-refractivity contribution in [2.24, 2.45) is 0 Å². The highest BCUT2D eigenvalue weighted by Gasteiger charge is 2.43. The topological polar surface area (TPSA) is 86.0 Å². The number of carboxylic acid groups (broad SMARTS) is 1. The zero-order chi connectivity index (χ0) is 22.4. The van der Waals surface area contributed by atoms with Gasteiger partial charge in [-0.05, 0) is 23.1 Å². The number of rotatable bonds is 4. The predicted molar refractivity (Wildman–Crippen MR) is 120 cm³/mol. The average molecular weight is 428 g/mol. The number of fused-ring (bicyclic) bond motifs is 5. The molecule has 3 aromatic carbocycles. The van der Waals surface area contributed by atoms with E-state index in [-0.39, 0.29) is 0 Å². The van der Waals surface area contributed by atoms with Crippen LogP contribution in [0.25, 0.3) is 22.1 Å². The van der Waals surface area contributed by atoms with Crippen molar-refractivity contribution in [2.45, 2.75) is 11.8 Å². The maximum Gasteiger partial charge on any atom is 0.344 e. The monoisotopic (exact) mass is 428 g/mol. The molecule has 0 saturated heterocycles. The number of hydrogen-bond acceptors (Lipinski definition) is 5. The van der Waals surface area contributed by atoms with Crippen LogP contribution in [-0.4, -0.2) is 25.3 Å². The lowest BCUT2D eigenvalue weighted by molar-refractivity contribution is -0.139. The van der Waals surface area contributed by atoms with Gasteiger partial charge in [-0.25, -0.2) is 4.79 Å². The summed E-state index contributed by atoms with van der Waals surface area (Å²) < 4.78 is 16.8. The van der Waals surface area contributed by atoms with Crippen LogP contribution in [0.15, 0.2) is 75.9 Å². The van der Waals surface area contributed by atoms with E-state index in [1.54, 1.807) is 49.6 Å². The van der Waals surface area contributed by atoms with Gasteiger partial charge < -0.3 is 19.0 Å². The Hall–Kier alpha value is -4.06. The van der Waals surface area contributed by atoms with Gasteiger partial charge in [0.15, 0.2) is 0 Å². The van der Waals surface area contributed by atoms with Crippen LogP contribution >= 0.6 is 0 Å². The summed E-state index contributed by atoms with van der Waals surface area (Å²) in [6.45, 7) is 0. The minimum absolute atomic E-state index is 0.393. The molecule has 5 rings (SSSR count). The average Bonchev–Trinajstić information content (AvgIpc) is 2.82. The summed E-state index contributed by atoms with van der Waals surface area (Å²) in [5.41, 5.74) is 2.09. The van der Waals surface area contributed by atoms with Crippen molar-refractivity contribution in [1.29, 1.82) is 0 Å². The molecular weight excluding hydrogens is 408 g/mol. The van der Waals surface area contributed by atoms with Gasteiger partial charge in [-0.3, -0.25) is 4.79 Å². The molecule has 1 N–H and O–H groups in total. The quantitative estimate of drug-likeness (QED) is 0.503. The van der Waals surface area contributed by atoms with Gasteiger partial charge in [0.2, 0.25) is 0 Å². The molecule has 1 aliphatic carbocycles. The van der Waals surface area contributed by atoms with Crippen LogP contribution in [0.2, 0.25) is 0 Å². The van der Waals surface area contributed by atoms with Gasteiger partial charge in [-0.2, -0.15) is 0 Å². The largest absolute Gasteiger partial charge is 0.497 e. The Kier molecular flexibility index (Phi) is 4.70. The van der Waals surface area contributed by atoms with E-state index in [4.69, 9.17) is 13.9 Å². The molecule has 6 heteroatoms. The minimum Gasteiger partial charge on any atom is -0.497 e. The highest BCUT2D eigenvalue weighted by Crippen LogP contribution is 2.53. The van der Waals surface area contributed by atoms with E-state index in [1.807, 2.05) is 24.3 Å². The maximum absolute atomic E-state index is 12.8. The number of carbonyl (C=O) groups is 1. The van der Waals surface area contributed by atoms with Crippen LogP contribution in [0.1, 0.15) is 28.5 Å². The molecule has 1 heterocycles. The van der Waals surface area contributed by atoms with Gasteiger partial charge in [0.05, 0.1) is 25.5 Å². The van der Waals surface area contributed by atoms with Crippen LogP contribution in [-0.2, 0) is 4.79 Å². The standard InChI is InChI=1S/C26H20O6/c1-30-14-11-12-19(20(13-14)31-2)21-22-16-8-4-6-10-18(16)26(29)32-24(22)17-9-5-3-7-15(17)23(21)25(27)28/h3-13,21,23H,1-2H3,(H,27,28)/t21-,23-/m0/s1. The lowest BCUT2D eigenvalue weighted by Gasteiger charge is -2.34. The number of ether oxygens (including phenoxy) is 2. The molecule has 0 spiro atoms. The molecule has 4 aromatic rings. The third-order valence-corrected chi connectivity index (χ3v) is 6.10. The van der Waals surface area contributed by atoms with Gasteiger partial charge in [-0.15, -0.1) is 0 Å². The van der Waals surface area contributed by atoms with Gasteiger partial charge in [-0.1, -0.05) is 48.5 Å². The Morgan fingerprint density at radius 3 is 2.34 bits per heavy atom. The predicted octanol–water partition coefficient (Wildman–Crippen LogP) is 4.79. The van der Waals surface area contributed by atoms with Crippen LogP contribution in [0, 0.1) is 0 Å². The lowest BCUT2D eigenvalue weighted by atomic mass is 9.69. The number of benzene rings is 3. The molecule has 32 heavy (non-hydrogen) atoms. The van der Waals surface area contributed by atoms with E-state index in [9.17, 15) is 14.7 Å². The summed E-state index contributed by atoms with van der Waals surface area (Å²) in [5, 5.41) is 11.5. The van der Waals surface area contributed by atoms with Crippen molar-refractivity contribution in [3.05, 3.63) is 93.8 Å². The van der Waals surface area contributed by atoms with E-state index < -0.39 is 23.4 Å². The second kappa shape index (κ2) is 7.57. The zero-order valence-corrected chi connectivity index (χ0v) is 17.5. The third kappa shape index (κ3) is 2.87. The lowest BCUT2D eigenvalue weighted by Crippen LogP contribution is -2.27. The van der Waals surface area contributed by atoms with Crippen LogP contribution in [0.3, 0.4) is 0 Å². The van der Waals surface area contributed by atoms with Crippen LogP contribution in [0.4, 0.5) is 0 Å². The van der Waals surface area contributed by atoms with Gasteiger partial charge in [0.1, 0.15) is 17.3 Å². The Labute approximate surface area is 183 Å². The molecule has 1 aliphatic rings. The molecule has 0 radical (unpaired) electrons. The molecule has 0 saturated carbocycles. The second-order valence-electron chi connectivity index (χ2n) is 7.67. The third-order valence-electron chi connectivity index (χ3n) is 6.10. The van der Waals surface area contributed by atoms with E-state index in [0.717, 1.165) is 0 Å². The Balaban J connectivity index is 1.94. The zero-order valence-electron chi connectivity index (χ0n) is 17.5. The first kappa shape index (κ1) is 19.9.